The first-order chi connectivity index (χ1) is 8.84. The Kier molecular flexibility index (Phi) is 2.77. The third-order valence-electron chi connectivity index (χ3n) is 6.04. The van der Waals surface area contributed by atoms with Gasteiger partial charge >= 0.3 is 0 Å². The van der Waals surface area contributed by atoms with Crippen molar-refractivity contribution in [3.63, 3.8) is 0 Å². The molecule has 18 heavy (non-hydrogen) atoms. The van der Waals surface area contributed by atoms with E-state index in [1.54, 1.807) is 0 Å². The Morgan fingerprint density at radius 1 is 1.06 bits per heavy atom. The summed E-state index contributed by atoms with van der Waals surface area (Å²) in [6, 6.07) is 1.12. The highest BCUT2D eigenvalue weighted by atomic mass is 16.3. The average molecular weight is 247 g/mol. The summed E-state index contributed by atoms with van der Waals surface area (Å²) in [6.07, 6.45) is 14.1. The highest BCUT2D eigenvalue weighted by Crippen LogP contribution is 2.55. The lowest BCUT2D eigenvalue weighted by Gasteiger charge is -2.34. The van der Waals surface area contributed by atoms with Crippen LogP contribution in [0.2, 0.25) is 0 Å². The zero-order chi connectivity index (χ0) is 12.1. The number of likely N-dealkylation sites (tertiary alicyclic amines) is 1. The lowest BCUT2D eigenvalue weighted by atomic mass is 9.88. The zero-order valence-corrected chi connectivity index (χ0v) is 11.2. The molecule has 0 amide bonds. The number of aliphatic hydroxyl groups excluding tert-OH is 1. The Bertz CT molecular complexity index is 351. The summed E-state index contributed by atoms with van der Waals surface area (Å²) >= 11 is 0. The minimum absolute atomic E-state index is 0.0207. The lowest BCUT2D eigenvalue weighted by molar-refractivity contribution is 0.0401. The van der Waals surface area contributed by atoms with Crippen molar-refractivity contribution in [3.05, 3.63) is 12.2 Å². The molecule has 4 rings (SSSR count). The maximum atomic E-state index is 10.5. The van der Waals surface area contributed by atoms with Crippen molar-refractivity contribution in [1.29, 1.82) is 0 Å². The first-order valence-electron chi connectivity index (χ1n) is 7.95. The van der Waals surface area contributed by atoms with E-state index < -0.39 is 0 Å². The van der Waals surface area contributed by atoms with Gasteiger partial charge in [0.25, 0.3) is 0 Å². The van der Waals surface area contributed by atoms with Crippen LogP contribution >= 0.6 is 0 Å². The molecule has 4 aliphatic rings. The quantitative estimate of drug-likeness (QED) is 0.720. The monoisotopic (exact) mass is 247 g/mol. The predicted molar refractivity (Wildman–Crippen MR) is 72.2 cm³/mol. The minimum atomic E-state index is -0.0207. The first-order valence-corrected chi connectivity index (χ1v) is 7.95. The third-order valence-corrected chi connectivity index (χ3v) is 6.04. The summed E-state index contributed by atoms with van der Waals surface area (Å²) in [5.74, 6) is 2.36. The van der Waals surface area contributed by atoms with Crippen LogP contribution in [-0.2, 0) is 0 Å². The van der Waals surface area contributed by atoms with Crippen molar-refractivity contribution in [2.75, 3.05) is 6.54 Å². The first kappa shape index (κ1) is 11.5. The molecule has 1 aliphatic heterocycles. The van der Waals surface area contributed by atoms with Crippen molar-refractivity contribution >= 4 is 0 Å². The summed E-state index contributed by atoms with van der Waals surface area (Å²) in [7, 11) is 0. The Morgan fingerprint density at radius 3 is 2.89 bits per heavy atom. The van der Waals surface area contributed by atoms with Crippen LogP contribution in [-0.4, -0.2) is 34.7 Å². The molecule has 0 aromatic carbocycles. The van der Waals surface area contributed by atoms with Crippen LogP contribution in [0, 0.1) is 17.8 Å². The van der Waals surface area contributed by atoms with E-state index in [-0.39, 0.29) is 6.10 Å². The minimum Gasteiger partial charge on any atom is -0.391 e. The Hall–Kier alpha value is -0.340. The molecular weight excluding hydrogens is 222 g/mol. The van der Waals surface area contributed by atoms with E-state index in [9.17, 15) is 5.11 Å². The van der Waals surface area contributed by atoms with Crippen molar-refractivity contribution in [2.45, 2.75) is 63.1 Å². The van der Waals surface area contributed by atoms with Crippen LogP contribution in [0.5, 0.6) is 0 Å². The molecule has 3 fully saturated rings. The van der Waals surface area contributed by atoms with Crippen molar-refractivity contribution in [1.82, 2.24) is 4.90 Å². The molecule has 1 saturated heterocycles. The van der Waals surface area contributed by atoms with Gasteiger partial charge in [-0.15, -0.1) is 0 Å². The lowest BCUT2D eigenvalue weighted by Crippen LogP contribution is -2.45. The van der Waals surface area contributed by atoms with E-state index in [0.717, 1.165) is 11.8 Å². The molecule has 3 aliphatic carbocycles. The molecule has 0 aromatic heterocycles. The number of aliphatic hydroxyl groups is 1. The SMILES string of the molecule is OC1C2CC3CN(C4/C=C/CCCCC4)C1C3C2. The largest absolute Gasteiger partial charge is 0.391 e. The second-order valence-electron chi connectivity index (χ2n) is 6.97. The predicted octanol–water partition coefficient (Wildman–Crippen LogP) is 2.58. The van der Waals surface area contributed by atoms with E-state index in [4.69, 9.17) is 0 Å². The normalized spacial score (nSPS) is 53.4. The third kappa shape index (κ3) is 1.61. The fourth-order valence-corrected chi connectivity index (χ4v) is 5.25. The molecule has 0 aromatic rings. The van der Waals surface area contributed by atoms with Gasteiger partial charge in [-0.3, -0.25) is 4.90 Å². The van der Waals surface area contributed by atoms with Crippen LogP contribution in [0.3, 0.4) is 0 Å². The van der Waals surface area contributed by atoms with Crippen molar-refractivity contribution in [2.24, 2.45) is 17.8 Å². The van der Waals surface area contributed by atoms with E-state index in [2.05, 4.69) is 17.1 Å². The number of fused-ring (bicyclic) bond motifs is 1. The highest BCUT2D eigenvalue weighted by molar-refractivity contribution is 5.14. The Morgan fingerprint density at radius 2 is 2.00 bits per heavy atom. The van der Waals surface area contributed by atoms with Crippen molar-refractivity contribution < 1.29 is 5.11 Å². The summed E-state index contributed by atoms with van der Waals surface area (Å²) < 4.78 is 0. The molecule has 2 bridgehead atoms. The van der Waals surface area contributed by atoms with Gasteiger partial charge in [-0.2, -0.15) is 0 Å². The van der Waals surface area contributed by atoms with E-state index in [1.807, 2.05) is 0 Å². The van der Waals surface area contributed by atoms with Gasteiger partial charge < -0.3 is 5.11 Å². The van der Waals surface area contributed by atoms with Gasteiger partial charge in [-0.1, -0.05) is 25.0 Å². The van der Waals surface area contributed by atoms with E-state index in [0.29, 0.717) is 18.0 Å². The van der Waals surface area contributed by atoms with Gasteiger partial charge in [0.15, 0.2) is 0 Å². The number of allylic oxidation sites excluding steroid dienone is 1. The summed E-state index contributed by atoms with van der Waals surface area (Å²) in [4.78, 5) is 2.68. The van der Waals surface area contributed by atoms with Gasteiger partial charge in [0.05, 0.1) is 6.10 Å². The fourth-order valence-electron chi connectivity index (χ4n) is 5.25. The molecule has 0 radical (unpaired) electrons. The zero-order valence-electron chi connectivity index (χ0n) is 11.2. The van der Waals surface area contributed by atoms with Gasteiger partial charge in [-0.25, -0.2) is 0 Å². The summed E-state index contributed by atoms with van der Waals surface area (Å²) in [5, 5.41) is 10.5. The van der Waals surface area contributed by atoms with Crippen LogP contribution < -0.4 is 0 Å². The summed E-state index contributed by atoms with van der Waals surface area (Å²) in [6.45, 7) is 1.26. The number of hydrogen-bond acceptors (Lipinski definition) is 2. The van der Waals surface area contributed by atoms with Crippen LogP contribution in [0.4, 0.5) is 0 Å². The summed E-state index contributed by atoms with van der Waals surface area (Å²) in [5.41, 5.74) is 0. The van der Waals surface area contributed by atoms with Crippen LogP contribution in [0.25, 0.3) is 0 Å². The molecular formula is C16H25NO. The Labute approximate surface area is 110 Å². The van der Waals surface area contributed by atoms with E-state index >= 15 is 0 Å². The maximum absolute atomic E-state index is 10.5. The number of nitrogens with zero attached hydrogens (tertiary/aromatic N) is 1. The van der Waals surface area contributed by atoms with Crippen LogP contribution in [0.1, 0.15) is 44.9 Å². The highest BCUT2D eigenvalue weighted by Gasteiger charge is 2.59. The standard InChI is InChI=1S/C16H25NO/c18-16-11-8-12-10-17(15(16)14(12)9-11)13-6-4-2-1-3-5-7-13/h4,6,11-16,18H,1-3,5,7-10H2/b6-4+. The molecule has 1 N–H and O–H groups in total. The second-order valence-corrected chi connectivity index (χ2v) is 6.97. The van der Waals surface area contributed by atoms with Gasteiger partial charge in [-0.05, 0) is 49.9 Å². The van der Waals surface area contributed by atoms with Gasteiger partial charge in [0.2, 0.25) is 0 Å². The van der Waals surface area contributed by atoms with Gasteiger partial charge in [0.1, 0.15) is 0 Å². The molecule has 100 valence electrons. The fraction of sp³-hybridized carbons (Fsp3) is 0.875. The molecule has 0 spiro atoms. The molecule has 6 unspecified atom stereocenters. The van der Waals surface area contributed by atoms with Crippen molar-refractivity contribution in [3.8, 4) is 0 Å². The number of rotatable bonds is 1. The van der Waals surface area contributed by atoms with E-state index in [1.165, 1.54) is 51.5 Å². The van der Waals surface area contributed by atoms with Crippen LogP contribution in [0.15, 0.2) is 12.2 Å². The molecule has 2 heteroatoms. The van der Waals surface area contributed by atoms with Gasteiger partial charge in [0, 0.05) is 18.6 Å². The molecule has 1 heterocycles. The molecule has 2 nitrogen and oxygen atoms in total. The maximum Gasteiger partial charge on any atom is 0.0726 e. The second kappa shape index (κ2) is 4.35. The molecule has 6 atom stereocenters. The smallest absolute Gasteiger partial charge is 0.0726 e. The topological polar surface area (TPSA) is 23.5 Å². The average Bonchev–Trinajstić information content (AvgIpc) is 2.89. The molecule has 2 saturated carbocycles. The Balaban J connectivity index is 1.56. The number of hydrogen-bond donors (Lipinski definition) is 1.